The maximum absolute atomic E-state index is 11.2. The molecule has 0 spiro atoms. The summed E-state index contributed by atoms with van der Waals surface area (Å²) >= 11 is 0. The predicted octanol–water partition coefficient (Wildman–Crippen LogP) is 8.77. The first-order valence-corrected chi connectivity index (χ1v) is 13.7. The van der Waals surface area contributed by atoms with Gasteiger partial charge in [-0.25, -0.2) is 0 Å². The maximum Gasteiger partial charge on any atom is 0.309 e. The van der Waals surface area contributed by atoms with Crippen LogP contribution in [0.4, 0.5) is 0 Å². The molecule has 0 radical (unpaired) electrons. The van der Waals surface area contributed by atoms with Crippen LogP contribution in [0.15, 0.2) is 12.2 Å². The van der Waals surface area contributed by atoms with E-state index in [4.69, 9.17) is 9.84 Å². The summed E-state index contributed by atoms with van der Waals surface area (Å²) < 4.78 is 4.89. The molecule has 0 saturated heterocycles. The largest absolute Gasteiger partial charge is 0.481 e. The standard InChI is InChI=1S/C28H52O4/c1-2-32-28(31)26-24-22-20-18-16-14-12-10-8-6-4-3-5-7-9-11-13-15-17-19-21-23-25-27(29)30/h22,24H,2-21,23,25-26H2,1H3,(H,29,30). The molecule has 0 aromatic carbocycles. The van der Waals surface area contributed by atoms with E-state index in [-0.39, 0.29) is 5.97 Å². The number of ether oxygens (including phenoxy) is 1. The van der Waals surface area contributed by atoms with E-state index >= 15 is 0 Å². The lowest BCUT2D eigenvalue weighted by atomic mass is 10.0. The molecule has 0 amide bonds. The second kappa shape index (κ2) is 25.9. The van der Waals surface area contributed by atoms with Gasteiger partial charge in [0.15, 0.2) is 0 Å². The lowest BCUT2D eigenvalue weighted by molar-refractivity contribution is -0.142. The molecule has 0 aliphatic carbocycles. The minimum absolute atomic E-state index is 0.126. The van der Waals surface area contributed by atoms with Crippen LogP contribution in [-0.4, -0.2) is 23.7 Å². The molecule has 188 valence electrons. The number of unbranched alkanes of at least 4 members (excludes halogenated alkanes) is 19. The highest BCUT2D eigenvalue weighted by Gasteiger charge is 1.98. The quantitative estimate of drug-likeness (QED) is 0.0854. The molecule has 0 atom stereocenters. The van der Waals surface area contributed by atoms with Crippen molar-refractivity contribution in [2.24, 2.45) is 0 Å². The first-order valence-electron chi connectivity index (χ1n) is 13.7. The van der Waals surface area contributed by atoms with Crippen LogP contribution in [0.5, 0.6) is 0 Å². The molecule has 0 aromatic heterocycles. The van der Waals surface area contributed by atoms with Gasteiger partial charge in [-0.15, -0.1) is 0 Å². The van der Waals surface area contributed by atoms with Gasteiger partial charge in [0.2, 0.25) is 0 Å². The molecule has 0 aromatic rings. The number of allylic oxidation sites excluding steroid dienone is 1. The van der Waals surface area contributed by atoms with Crippen LogP contribution >= 0.6 is 0 Å². The van der Waals surface area contributed by atoms with E-state index in [1.807, 2.05) is 13.0 Å². The average Bonchev–Trinajstić information content (AvgIpc) is 2.76. The highest BCUT2D eigenvalue weighted by Crippen LogP contribution is 2.15. The van der Waals surface area contributed by atoms with Gasteiger partial charge in [0.05, 0.1) is 13.0 Å². The van der Waals surface area contributed by atoms with Crippen LogP contribution in [0.1, 0.15) is 148 Å². The van der Waals surface area contributed by atoms with Gasteiger partial charge >= 0.3 is 11.9 Å². The summed E-state index contributed by atoms with van der Waals surface area (Å²) in [6, 6.07) is 0. The van der Waals surface area contributed by atoms with Gasteiger partial charge in [-0.3, -0.25) is 9.59 Å². The molecule has 32 heavy (non-hydrogen) atoms. The van der Waals surface area contributed by atoms with Crippen molar-refractivity contribution < 1.29 is 19.4 Å². The van der Waals surface area contributed by atoms with Crippen molar-refractivity contribution in [3.8, 4) is 0 Å². The summed E-state index contributed by atoms with van der Waals surface area (Å²) in [5.41, 5.74) is 0. The van der Waals surface area contributed by atoms with Crippen LogP contribution < -0.4 is 0 Å². The monoisotopic (exact) mass is 452 g/mol. The Balaban J connectivity index is 3.10. The summed E-state index contributed by atoms with van der Waals surface area (Å²) in [7, 11) is 0. The zero-order valence-corrected chi connectivity index (χ0v) is 21.1. The number of hydrogen-bond donors (Lipinski definition) is 1. The molecule has 4 nitrogen and oxygen atoms in total. The third kappa shape index (κ3) is 26.7. The Kier molecular flexibility index (Phi) is 24.9. The van der Waals surface area contributed by atoms with Gasteiger partial charge in [-0.05, 0) is 26.2 Å². The van der Waals surface area contributed by atoms with Crippen molar-refractivity contribution in [2.75, 3.05) is 6.61 Å². The summed E-state index contributed by atoms with van der Waals surface area (Å²) in [6.07, 6.45) is 30.7. The first-order chi connectivity index (χ1) is 15.7. The molecular weight excluding hydrogens is 400 g/mol. The van der Waals surface area contributed by atoms with Crippen molar-refractivity contribution in [3.63, 3.8) is 0 Å². The van der Waals surface area contributed by atoms with E-state index in [1.54, 1.807) is 0 Å². The van der Waals surface area contributed by atoms with Crippen LogP contribution in [-0.2, 0) is 14.3 Å². The molecule has 4 heteroatoms. The van der Waals surface area contributed by atoms with Gasteiger partial charge in [0.25, 0.3) is 0 Å². The number of carbonyl (C=O) groups excluding carboxylic acids is 1. The number of esters is 1. The van der Waals surface area contributed by atoms with E-state index in [9.17, 15) is 9.59 Å². The topological polar surface area (TPSA) is 63.6 Å². The molecule has 0 fully saturated rings. The Morgan fingerprint density at radius 1 is 0.594 bits per heavy atom. The Morgan fingerprint density at radius 2 is 0.969 bits per heavy atom. The molecule has 1 N–H and O–H groups in total. The molecule has 0 bridgehead atoms. The fourth-order valence-electron chi connectivity index (χ4n) is 4.06. The van der Waals surface area contributed by atoms with Crippen LogP contribution in [0.25, 0.3) is 0 Å². The first kappa shape index (κ1) is 30.7. The highest BCUT2D eigenvalue weighted by molar-refractivity contribution is 5.71. The smallest absolute Gasteiger partial charge is 0.309 e. The molecule has 0 saturated carbocycles. The predicted molar refractivity (Wildman–Crippen MR) is 135 cm³/mol. The van der Waals surface area contributed by atoms with E-state index in [1.165, 1.54) is 109 Å². The molecular formula is C28H52O4. The Labute approximate surface area is 198 Å². The Hall–Kier alpha value is -1.32. The zero-order valence-electron chi connectivity index (χ0n) is 21.1. The van der Waals surface area contributed by atoms with Gasteiger partial charge in [0.1, 0.15) is 0 Å². The van der Waals surface area contributed by atoms with E-state index in [0.717, 1.165) is 19.3 Å². The van der Waals surface area contributed by atoms with Crippen molar-refractivity contribution >= 4 is 11.9 Å². The summed E-state index contributed by atoms with van der Waals surface area (Å²) in [6.45, 7) is 2.31. The van der Waals surface area contributed by atoms with Gasteiger partial charge in [0, 0.05) is 6.42 Å². The van der Waals surface area contributed by atoms with Gasteiger partial charge in [-0.1, -0.05) is 121 Å². The van der Waals surface area contributed by atoms with Crippen LogP contribution in [0.2, 0.25) is 0 Å². The van der Waals surface area contributed by atoms with Crippen molar-refractivity contribution in [2.45, 2.75) is 148 Å². The van der Waals surface area contributed by atoms with Crippen LogP contribution in [0.3, 0.4) is 0 Å². The van der Waals surface area contributed by atoms with Gasteiger partial charge < -0.3 is 9.84 Å². The summed E-state index contributed by atoms with van der Waals surface area (Å²) in [4.78, 5) is 21.6. The molecule has 0 unspecified atom stereocenters. The van der Waals surface area contributed by atoms with Crippen molar-refractivity contribution in [1.29, 1.82) is 0 Å². The Morgan fingerprint density at radius 3 is 1.34 bits per heavy atom. The molecule has 0 aliphatic heterocycles. The van der Waals surface area contributed by atoms with Gasteiger partial charge in [-0.2, -0.15) is 0 Å². The number of hydrogen-bond acceptors (Lipinski definition) is 3. The lowest BCUT2D eigenvalue weighted by Crippen LogP contribution is -2.01. The fourth-order valence-corrected chi connectivity index (χ4v) is 4.06. The highest BCUT2D eigenvalue weighted by atomic mass is 16.5. The minimum atomic E-state index is -0.661. The number of carbonyl (C=O) groups is 2. The molecule has 0 heterocycles. The van der Waals surface area contributed by atoms with Crippen molar-refractivity contribution in [3.05, 3.63) is 12.2 Å². The minimum Gasteiger partial charge on any atom is -0.481 e. The Bertz CT molecular complexity index is 445. The second-order valence-corrected chi connectivity index (χ2v) is 9.13. The average molecular weight is 453 g/mol. The lowest BCUT2D eigenvalue weighted by Gasteiger charge is -2.04. The maximum atomic E-state index is 11.2. The van der Waals surface area contributed by atoms with E-state index < -0.39 is 5.97 Å². The number of carboxylic acids is 1. The molecule has 0 rings (SSSR count). The zero-order chi connectivity index (χ0) is 23.5. The summed E-state index contributed by atoms with van der Waals surface area (Å²) in [5, 5.41) is 8.60. The third-order valence-electron chi connectivity index (χ3n) is 6.02. The second-order valence-electron chi connectivity index (χ2n) is 9.13. The fraction of sp³-hybridized carbons (Fsp3) is 0.857. The number of aliphatic carboxylic acids is 1. The van der Waals surface area contributed by atoms with E-state index in [0.29, 0.717) is 19.4 Å². The van der Waals surface area contributed by atoms with E-state index in [2.05, 4.69) is 6.08 Å². The number of carboxylic acid groups (broad SMARTS) is 1. The number of rotatable bonds is 25. The third-order valence-corrected chi connectivity index (χ3v) is 6.02. The normalized spacial score (nSPS) is 11.3. The van der Waals surface area contributed by atoms with Crippen LogP contribution in [0, 0.1) is 0 Å². The van der Waals surface area contributed by atoms with Crippen molar-refractivity contribution in [1.82, 2.24) is 0 Å². The molecule has 0 aliphatic rings. The summed E-state index contributed by atoms with van der Waals surface area (Å²) in [5.74, 6) is -0.787. The SMILES string of the molecule is CCOC(=O)CC=CCCCCCCCCCCCCCCCCCCCCCC(=O)O.